The fourth-order valence-electron chi connectivity index (χ4n) is 8.77. The van der Waals surface area contributed by atoms with Crippen LogP contribution in [-0.4, -0.2) is 19.1 Å². The fraction of sp³-hybridized carbons (Fsp3) is 0. The van der Waals surface area contributed by atoms with Crippen molar-refractivity contribution in [1.82, 2.24) is 19.1 Å². The quantitative estimate of drug-likeness (QED) is 0.177. The third-order valence-electron chi connectivity index (χ3n) is 11.3. The van der Waals surface area contributed by atoms with E-state index >= 15 is 0 Å². The van der Waals surface area contributed by atoms with Gasteiger partial charge in [0.2, 0.25) is 0 Å². The molecular formula is C52H32N4O. The van der Waals surface area contributed by atoms with Crippen LogP contribution >= 0.6 is 0 Å². The first kappa shape index (κ1) is 31.6. The predicted molar refractivity (Wildman–Crippen MR) is 234 cm³/mol. The maximum Gasteiger partial charge on any atom is 0.160 e. The molecule has 0 radical (unpaired) electrons. The Morgan fingerprint density at radius 1 is 0.351 bits per heavy atom. The highest BCUT2D eigenvalue weighted by atomic mass is 16.3. The molecule has 5 heteroatoms. The lowest BCUT2D eigenvalue weighted by molar-refractivity contribution is 0.669. The molecule has 266 valence electrons. The van der Waals surface area contributed by atoms with Crippen LogP contribution in [0.4, 0.5) is 0 Å². The molecule has 12 aromatic rings. The van der Waals surface area contributed by atoms with E-state index in [1.54, 1.807) is 0 Å². The summed E-state index contributed by atoms with van der Waals surface area (Å²) in [7, 11) is 0. The molecule has 5 nitrogen and oxygen atoms in total. The number of benzene rings is 8. The molecule has 0 bridgehead atoms. The smallest absolute Gasteiger partial charge is 0.160 e. The number of aromatic nitrogens is 4. The van der Waals surface area contributed by atoms with Gasteiger partial charge in [-0.25, -0.2) is 9.97 Å². The molecule has 0 amide bonds. The van der Waals surface area contributed by atoms with E-state index in [4.69, 9.17) is 14.4 Å². The lowest BCUT2D eigenvalue weighted by Crippen LogP contribution is -1.98. The summed E-state index contributed by atoms with van der Waals surface area (Å²) in [6.45, 7) is 0. The van der Waals surface area contributed by atoms with Gasteiger partial charge >= 0.3 is 0 Å². The Hall–Kier alpha value is -7.76. The van der Waals surface area contributed by atoms with Crippen LogP contribution in [0.5, 0.6) is 0 Å². The van der Waals surface area contributed by atoms with Gasteiger partial charge in [0.25, 0.3) is 0 Å². The summed E-state index contributed by atoms with van der Waals surface area (Å²) in [4.78, 5) is 10.4. The molecule has 0 aliphatic carbocycles. The number of hydrogen-bond acceptors (Lipinski definition) is 3. The molecule has 4 heterocycles. The second kappa shape index (κ2) is 12.4. The molecule has 0 fully saturated rings. The molecule has 12 rings (SSSR count). The normalized spacial score (nSPS) is 11.9. The highest BCUT2D eigenvalue weighted by Gasteiger charge is 2.23. The zero-order valence-corrected chi connectivity index (χ0v) is 30.7. The Morgan fingerprint density at radius 2 is 0.982 bits per heavy atom. The Balaban J connectivity index is 1.18. The lowest BCUT2D eigenvalue weighted by atomic mass is 10.1. The Labute approximate surface area is 327 Å². The summed E-state index contributed by atoms with van der Waals surface area (Å²) in [5.74, 6) is 0.670. The largest absolute Gasteiger partial charge is 0.456 e. The van der Waals surface area contributed by atoms with Crippen molar-refractivity contribution < 1.29 is 4.42 Å². The molecule has 0 spiro atoms. The van der Waals surface area contributed by atoms with Crippen LogP contribution in [0.15, 0.2) is 199 Å². The maximum atomic E-state index is 6.53. The molecule has 8 aromatic carbocycles. The highest BCUT2D eigenvalue weighted by molar-refractivity contribution is 6.27. The van der Waals surface area contributed by atoms with Crippen LogP contribution in [0.3, 0.4) is 0 Å². The first-order valence-corrected chi connectivity index (χ1v) is 19.2. The number of furan rings is 1. The minimum Gasteiger partial charge on any atom is -0.456 e. The van der Waals surface area contributed by atoms with Crippen LogP contribution in [-0.2, 0) is 0 Å². The van der Waals surface area contributed by atoms with Gasteiger partial charge < -0.3 is 13.6 Å². The summed E-state index contributed by atoms with van der Waals surface area (Å²) < 4.78 is 11.3. The third kappa shape index (κ3) is 4.89. The number of fused-ring (bicyclic) bond motifs is 10. The first-order chi connectivity index (χ1) is 28.3. The van der Waals surface area contributed by atoms with E-state index in [1.807, 2.05) is 24.3 Å². The summed E-state index contributed by atoms with van der Waals surface area (Å²) in [6.07, 6.45) is 0. The number of para-hydroxylation sites is 3. The number of nitrogens with zero attached hydrogens (tertiary/aromatic N) is 4. The van der Waals surface area contributed by atoms with Crippen LogP contribution in [0.2, 0.25) is 0 Å². The number of hydrogen-bond donors (Lipinski definition) is 0. The molecule has 0 aliphatic heterocycles. The van der Waals surface area contributed by atoms with Crippen LogP contribution in [0.25, 0.3) is 111 Å². The van der Waals surface area contributed by atoms with E-state index in [0.717, 1.165) is 83.5 Å². The van der Waals surface area contributed by atoms with Crippen LogP contribution < -0.4 is 0 Å². The molecular weight excluding hydrogens is 697 g/mol. The van der Waals surface area contributed by atoms with Gasteiger partial charge in [-0.3, -0.25) is 0 Å². The fourth-order valence-corrected chi connectivity index (χ4v) is 8.77. The minimum absolute atomic E-state index is 0.670. The summed E-state index contributed by atoms with van der Waals surface area (Å²) >= 11 is 0. The topological polar surface area (TPSA) is 48.8 Å². The molecule has 0 atom stereocenters. The highest BCUT2D eigenvalue weighted by Crippen LogP contribution is 2.44. The Kier molecular flexibility index (Phi) is 6.86. The Morgan fingerprint density at radius 3 is 1.74 bits per heavy atom. The van der Waals surface area contributed by atoms with Crippen molar-refractivity contribution in [1.29, 1.82) is 0 Å². The van der Waals surface area contributed by atoms with Crippen molar-refractivity contribution in [3.63, 3.8) is 0 Å². The molecule has 0 saturated carbocycles. The van der Waals surface area contributed by atoms with Crippen molar-refractivity contribution >= 4 is 65.6 Å². The van der Waals surface area contributed by atoms with Crippen molar-refractivity contribution in [2.45, 2.75) is 0 Å². The minimum atomic E-state index is 0.670. The van der Waals surface area contributed by atoms with E-state index in [9.17, 15) is 0 Å². The third-order valence-corrected chi connectivity index (χ3v) is 11.3. The second-order valence-corrected chi connectivity index (χ2v) is 14.6. The molecule has 0 saturated heterocycles. The molecule has 0 aliphatic rings. The van der Waals surface area contributed by atoms with Crippen molar-refractivity contribution in [3.05, 3.63) is 194 Å². The SMILES string of the molecule is c1ccc(-c2cc(-c3ccccc3)nc(-c3cccc(-n4c5cc6oc7ccccc7c6cc5c5ccc6c(c7ccccc7n6-c6ccccc6)c54)c3)n2)cc1. The summed E-state index contributed by atoms with van der Waals surface area (Å²) in [5.41, 5.74) is 13.2. The second-order valence-electron chi connectivity index (χ2n) is 14.6. The zero-order chi connectivity index (χ0) is 37.5. The van der Waals surface area contributed by atoms with E-state index in [2.05, 4.69) is 179 Å². The molecule has 4 aromatic heterocycles. The van der Waals surface area contributed by atoms with Gasteiger partial charge in [-0.15, -0.1) is 0 Å². The average molecular weight is 729 g/mol. The summed E-state index contributed by atoms with van der Waals surface area (Å²) in [5, 5.41) is 6.97. The van der Waals surface area contributed by atoms with Gasteiger partial charge in [0.1, 0.15) is 11.2 Å². The van der Waals surface area contributed by atoms with Gasteiger partial charge in [-0.2, -0.15) is 0 Å². The maximum absolute atomic E-state index is 6.53. The molecule has 57 heavy (non-hydrogen) atoms. The van der Waals surface area contributed by atoms with Crippen molar-refractivity contribution in [2.24, 2.45) is 0 Å². The van der Waals surface area contributed by atoms with Gasteiger partial charge in [-0.1, -0.05) is 133 Å². The lowest BCUT2D eigenvalue weighted by Gasteiger charge is -2.13. The van der Waals surface area contributed by atoms with E-state index in [1.165, 1.54) is 21.5 Å². The standard InChI is InChI=1S/C52H32N4O/c1-4-15-33(16-5-1)43-31-44(34-17-6-2-7-18-34)54-52(53-43)35-19-14-22-37(29-35)56-47-32-49-42(38-23-11-13-26-48(38)57-49)30-41(47)39-27-28-46-50(51(39)56)40-24-10-12-25-45(40)55(46)36-20-8-3-9-21-36/h1-32H. The van der Waals surface area contributed by atoms with E-state index in [-0.39, 0.29) is 0 Å². The molecule has 0 unspecified atom stereocenters. The molecule has 0 N–H and O–H groups in total. The van der Waals surface area contributed by atoms with E-state index < -0.39 is 0 Å². The monoisotopic (exact) mass is 728 g/mol. The van der Waals surface area contributed by atoms with Crippen molar-refractivity contribution in [3.8, 4) is 45.3 Å². The predicted octanol–water partition coefficient (Wildman–Crippen LogP) is 13.6. The number of rotatable bonds is 5. The van der Waals surface area contributed by atoms with E-state index in [0.29, 0.717) is 5.82 Å². The zero-order valence-electron chi connectivity index (χ0n) is 30.7. The first-order valence-electron chi connectivity index (χ1n) is 19.2. The van der Waals surface area contributed by atoms with Gasteiger partial charge in [0, 0.05) is 66.4 Å². The average Bonchev–Trinajstić information content (AvgIpc) is 3.93. The van der Waals surface area contributed by atoms with Gasteiger partial charge in [0.15, 0.2) is 5.82 Å². The van der Waals surface area contributed by atoms with Crippen LogP contribution in [0, 0.1) is 0 Å². The van der Waals surface area contributed by atoms with Gasteiger partial charge in [-0.05, 0) is 54.6 Å². The van der Waals surface area contributed by atoms with Gasteiger partial charge in [0.05, 0.1) is 33.5 Å². The van der Waals surface area contributed by atoms with Crippen LogP contribution in [0.1, 0.15) is 0 Å². The summed E-state index contributed by atoms with van der Waals surface area (Å²) in [6, 6.07) is 68.3. The van der Waals surface area contributed by atoms with Crippen molar-refractivity contribution in [2.75, 3.05) is 0 Å². The Bertz CT molecular complexity index is 3450.